The molecule has 3 fully saturated rings. The topological polar surface area (TPSA) is 124 Å². The third-order valence-electron chi connectivity index (χ3n) is 7.04. The van der Waals surface area contributed by atoms with Gasteiger partial charge in [0, 0.05) is 29.8 Å². The Morgan fingerprint density at radius 2 is 1.83 bits per heavy atom. The van der Waals surface area contributed by atoms with E-state index in [1.165, 1.54) is 10.9 Å². The lowest BCUT2D eigenvalue weighted by molar-refractivity contribution is -0.179. The van der Waals surface area contributed by atoms with Crippen molar-refractivity contribution in [2.45, 2.75) is 54.4 Å². The summed E-state index contributed by atoms with van der Waals surface area (Å²) < 4.78 is 48.0. The molecular weight excluding hydrogens is 489 g/mol. The Morgan fingerprint density at radius 1 is 1.11 bits per heavy atom. The number of benzene rings is 1. The SMILES string of the molecule is OC[C@H]1O[C@@H]([SH]2C[C](O)CC[C@H]2N2CCC2)[C@H](O)[C@@H](n2cc(-c3cc(F)c(F)c(F)c3)nn2)[C@H]1O. The first-order chi connectivity index (χ1) is 16.8. The molecular formula is C22H28F3N4O5S. The van der Waals surface area contributed by atoms with E-state index in [-0.39, 0.29) is 16.6 Å². The Balaban J connectivity index is 1.45. The number of nitrogens with zero attached hydrogens (tertiary/aromatic N) is 4. The van der Waals surface area contributed by atoms with Gasteiger partial charge in [-0.05, 0) is 31.4 Å². The summed E-state index contributed by atoms with van der Waals surface area (Å²) in [5.74, 6) is -3.98. The first-order valence-electron chi connectivity index (χ1n) is 11.5. The maximum Gasteiger partial charge on any atom is 0.194 e. The minimum atomic E-state index is -1.60. The molecule has 1 unspecified atom stereocenters. The van der Waals surface area contributed by atoms with Crippen LogP contribution in [0, 0.1) is 23.6 Å². The fourth-order valence-electron chi connectivity index (χ4n) is 5.07. The molecule has 0 amide bonds. The van der Waals surface area contributed by atoms with Crippen molar-refractivity contribution < 1.29 is 38.3 Å². The third-order valence-corrected chi connectivity index (χ3v) is 10.2. The van der Waals surface area contributed by atoms with Crippen molar-refractivity contribution in [3.05, 3.63) is 41.9 Å². The molecule has 3 saturated heterocycles. The van der Waals surface area contributed by atoms with E-state index in [0.717, 1.165) is 38.1 Å². The number of hydrogen-bond donors (Lipinski definition) is 5. The van der Waals surface area contributed by atoms with Crippen LogP contribution in [0.3, 0.4) is 0 Å². The van der Waals surface area contributed by atoms with Crippen LogP contribution in [-0.4, -0.2) is 94.9 Å². The molecule has 13 heteroatoms. The molecule has 3 aliphatic rings. The normalized spacial score (nSPS) is 35.7. The monoisotopic (exact) mass is 517 g/mol. The minimum Gasteiger partial charge on any atom is -0.394 e. The van der Waals surface area contributed by atoms with E-state index in [2.05, 4.69) is 15.2 Å². The zero-order chi connectivity index (χ0) is 24.9. The highest BCUT2D eigenvalue weighted by atomic mass is 32.2. The van der Waals surface area contributed by atoms with E-state index >= 15 is 0 Å². The molecule has 0 saturated carbocycles. The highest BCUT2D eigenvalue weighted by Crippen LogP contribution is 2.52. The van der Waals surface area contributed by atoms with Gasteiger partial charge in [-0.2, -0.15) is 0 Å². The van der Waals surface area contributed by atoms with Crippen molar-refractivity contribution in [3.63, 3.8) is 0 Å². The lowest BCUT2D eigenvalue weighted by atomic mass is 9.97. The third kappa shape index (κ3) is 4.59. The van der Waals surface area contributed by atoms with Gasteiger partial charge >= 0.3 is 0 Å². The van der Waals surface area contributed by atoms with Crippen LogP contribution in [0.2, 0.25) is 0 Å². The second-order valence-electron chi connectivity index (χ2n) is 9.20. The predicted molar refractivity (Wildman–Crippen MR) is 120 cm³/mol. The van der Waals surface area contributed by atoms with Crippen molar-refractivity contribution in [2.75, 3.05) is 25.4 Å². The van der Waals surface area contributed by atoms with Gasteiger partial charge in [0.05, 0.1) is 12.8 Å². The molecule has 1 aromatic heterocycles. The lowest BCUT2D eigenvalue weighted by Crippen LogP contribution is -2.58. The van der Waals surface area contributed by atoms with E-state index in [0.29, 0.717) is 18.3 Å². The number of aliphatic hydroxyl groups excluding tert-OH is 4. The van der Waals surface area contributed by atoms with Gasteiger partial charge in [-0.25, -0.2) is 28.7 Å². The van der Waals surface area contributed by atoms with Crippen LogP contribution in [0.25, 0.3) is 11.3 Å². The van der Waals surface area contributed by atoms with Gasteiger partial charge < -0.3 is 25.2 Å². The second kappa shape index (κ2) is 9.96. The highest BCUT2D eigenvalue weighted by Gasteiger charge is 2.50. The molecule has 9 nitrogen and oxygen atoms in total. The summed E-state index contributed by atoms with van der Waals surface area (Å²) in [4.78, 5) is 2.31. The Bertz CT molecular complexity index is 1040. The summed E-state index contributed by atoms with van der Waals surface area (Å²) in [6.07, 6.45) is 0.389. The summed E-state index contributed by atoms with van der Waals surface area (Å²) in [7, 11) is -1.10. The molecule has 3 aliphatic heterocycles. The Hall–Kier alpha value is -1.74. The van der Waals surface area contributed by atoms with Crippen molar-refractivity contribution in [1.82, 2.24) is 19.9 Å². The number of halogens is 3. The standard InChI is InChI=1S/C22H28F3N4O5S/c23-13-6-11(7-14(24)18(13)25)15-8-29(27-26-15)19-20(32)16(9-30)34-22(21(19)33)35-10-12(31)2-3-17(35)28-4-1-5-28/h6-8,16-17,19-22,30-33,35H,1-5,9-10H2/t16-,17+,19+,20+,21-,22+/m1/s1. The van der Waals surface area contributed by atoms with E-state index in [1.807, 2.05) is 0 Å². The molecule has 4 N–H and O–H groups in total. The summed E-state index contributed by atoms with van der Waals surface area (Å²) in [5.41, 5.74) is -0.816. The molecule has 1 radical (unpaired) electrons. The largest absolute Gasteiger partial charge is 0.394 e. The molecule has 193 valence electrons. The van der Waals surface area contributed by atoms with E-state index in [4.69, 9.17) is 4.74 Å². The average Bonchev–Trinajstić information content (AvgIpc) is 3.27. The van der Waals surface area contributed by atoms with Crippen molar-refractivity contribution in [1.29, 1.82) is 0 Å². The van der Waals surface area contributed by atoms with Gasteiger partial charge in [0.25, 0.3) is 0 Å². The maximum atomic E-state index is 13.7. The number of aromatic nitrogens is 3. The molecule has 1 aromatic carbocycles. The number of ether oxygens (including phenoxy) is 1. The van der Waals surface area contributed by atoms with E-state index in [1.54, 1.807) is 0 Å². The van der Waals surface area contributed by atoms with Crippen molar-refractivity contribution in [2.24, 2.45) is 0 Å². The molecule has 2 aromatic rings. The predicted octanol–water partition coefficient (Wildman–Crippen LogP) is 1.07. The fourth-order valence-corrected chi connectivity index (χ4v) is 8.38. The first kappa shape index (κ1) is 24.9. The quantitative estimate of drug-likeness (QED) is 0.295. The van der Waals surface area contributed by atoms with Crippen LogP contribution >= 0.6 is 10.9 Å². The lowest BCUT2D eigenvalue weighted by Gasteiger charge is -2.53. The summed E-state index contributed by atoms with van der Waals surface area (Å²) in [6, 6.07) is 0.487. The van der Waals surface area contributed by atoms with Crippen LogP contribution in [-0.2, 0) is 4.74 Å². The number of thiol groups is 1. The van der Waals surface area contributed by atoms with Gasteiger partial charge in [-0.3, -0.25) is 4.90 Å². The average molecular weight is 518 g/mol. The zero-order valence-electron chi connectivity index (χ0n) is 18.7. The molecule has 0 aliphatic carbocycles. The zero-order valence-corrected chi connectivity index (χ0v) is 19.6. The van der Waals surface area contributed by atoms with E-state index in [9.17, 15) is 33.6 Å². The van der Waals surface area contributed by atoms with Gasteiger partial charge in [-0.1, -0.05) is 5.21 Å². The Labute approximate surface area is 202 Å². The molecule has 0 bridgehead atoms. The molecule has 7 atom stereocenters. The van der Waals surface area contributed by atoms with Crippen LogP contribution in [0.15, 0.2) is 18.3 Å². The smallest absolute Gasteiger partial charge is 0.194 e. The molecule has 0 spiro atoms. The van der Waals surface area contributed by atoms with Crippen LogP contribution in [0.5, 0.6) is 0 Å². The number of likely N-dealkylation sites (tertiary alicyclic amines) is 1. The Morgan fingerprint density at radius 3 is 2.46 bits per heavy atom. The van der Waals surface area contributed by atoms with Crippen LogP contribution in [0.4, 0.5) is 13.2 Å². The number of hydrogen-bond acceptors (Lipinski definition) is 8. The summed E-state index contributed by atoms with van der Waals surface area (Å²) in [5, 5.41) is 50.4. The second-order valence-corrected chi connectivity index (χ2v) is 11.7. The van der Waals surface area contributed by atoms with Gasteiger partial charge in [0.15, 0.2) is 17.5 Å². The van der Waals surface area contributed by atoms with Gasteiger partial charge in [0.2, 0.25) is 0 Å². The van der Waals surface area contributed by atoms with Gasteiger partial charge in [-0.15, -0.1) is 5.10 Å². The summed E-state index contributed by atoms with van der Waals surface area (Å²) in [6.45, 7) is 1.35. The van der Waals surface area contributed by atoms with Crippen molar-refractivity contribution >= 4 is 10.9 Å². The van der Waals surface area contributed by atoms with Gasteiger partial charge in [0.1, 0.15) is 41.6 Å². The molecule has 4 heterocycles. The maximum absolute atomic E-state index is 13.7. The van der Waals surface area contributed by atoms with Crippen molar-refractivity contribution in [3.8, 4) is 11.3 Å². The van der Waals surface area contributed by atoms with E-state index < -0.39 is 64.7 Å². The number of aliphatic hydroxyl groups is 4. The number of rotatable bonds is 5. The van der Waals surface area contributed by atoms with Crippen LogP contribution in [0.1, 0.15) is 25.3 Å². The first-order valence-corrected chi connectivity index (χ1v) is 13.2. The minimum absolute atomic E-state index is 0.0126. The highest BCUT2D eigenvalue weighted by molar-refractivity contribution is 8.18. The molecule has 35 heavy (non-hydrogen) atoms. The summed E-state index contributed by atoms with van der Waals surface area (Å²) >= 11 is 0. The Kier molecular flexibility index (Phi) is 7.09. The van der Waals surface area contributed by atoms with Crippen LogP contribution < -0.4 is 0 Å². The molecule has 5 rings (SSSR count). The fraction of sp³-hybridized carbons (Fsp3) is 0.591.